The number of hydrogen-bond donors (Lipinski definition) is 1. The molecule has 5 heteroatoms. The van der Waals surface area contributed by atoms with E-state index in [9.17, 15) is 14.9 Å². The third kappa shape index (κ3) is 2.23. The molecule has 0 fully saturated rings. The number of amides is 1. The summed E-state index contributed by atoms with van der Waals surface area (Å²) in [6, 6.07) is 9.87. The maximum absolute atomic E-state index is 10.9. The number of fused-ring (bicyclic) bond motifs is 1. The Morgan fingerprint density at radius 3 is 2.71 bits per heavy atom. The van der Waals surface area contributed by atoms with E-state index in [4.69, 9.17) is 5.73 Å². The smallest absolute Gasteiger partial charge is 0.270 e. The van der Waals surface area contributed by atoms with Gasteiger partial charge in [0, 0.05) is 12.1 Å². The molecule has 5 nitrogen and oxygen atoms in total. The zero-order chi connectivity index (χ0) is 12.4. The van der Waals surface area contributed by atoms with Crippen LogP contribution in [0.5, 0.6) is 0 Å². The van der Waals surface area contributed by atoms with Crippen molar-refractivity contribution in [1.29, 1.82) is 0 Å². The van der Waals surface area contributed by atoms with E-state index >= 15 is 0 Å². The van der Waals surface area contributed by atoms with Gasteiger partial charge in [0.25, 0.3) is 5.69 Å². The summed E-state index contributed by atoms with van der Waals surface area (Å²) in [5.74, 6) is -0.421. The second kappa shape index (κ2) is 4.21. The van der Waals surface area contributed by atoms with Crippen molar-refractivity contribution >= 4 is 22.4 Å². The number of hydrogen-bond acceptors (Lipinski definition) is 3. The molecule has 0 saturated carbocycles. The van der Waals surface area contributed by atoms with Crippen molar-refractivity contribution in [3.8, 4) is 0 Å². The van der Waals surface area contributed by atoms with Crippen LogP contribution in [0.4, 0.5) is 5.69 Å². The molecule has 2 N–H and O–H groups in total. The molecule has 0 atom stereocenters. The van der Waals surface area contributed by atoms with Gasteiger partial charge in [0.1, 0.15) is 0 Å². The lowest BCUT2D eigenvalue weighted by atomic mass is 10.0. The molecular formula is C12H10N2O3. The van der Waals surface area contributed by atoms with Crippen molar-refractivity contribution in [3.05, 3.63) is 52.1 Å². The summed E-state index contributed by atoms with van der Waals surface area (Å²) in [4.78, 5) is 21.1. The van der Waals surface area contributed by atoms with Crippen molar-refractivity contribution in [1.82, 2.24) is 0 Å². The molecular weight excluding hydrogens is 220 g/mol. The molecule has 0 radical (unpaired) electrons. The second-order valence-electron chi connectivity index (χ2n) is 3.72. The van der Waals surface area contributed by atoms with Gasteiger partial charge in [0.15, 0.2) is 0 Å². The van der Waals surface area contributed by atoms with Crippen molar-refractivity contribution < 1.29 is 9.72 Å². The third-order valence-electron chi connectivity index (χ3n) is 2.53. The number of benzene rings is 2. The van der Waals surface area contributed by atoms with E-state index in [0.29, 0.717) is 0 Å². The number of nitrogens with zero attached hydrogens (tertiary/aromatic N) is 1. The van der Waals surface area contributed by atoms with E-state index in [1.807, 2.05) is 0 Å². The van der Waals surface area contributed by atoms with Crippen LogP contribution in [0.1, 0.15) is 5.56 Å². The number of carbonyl (C=O) groups excluding carboxylic acids is 1. The number of primary amides is 1. The van der Waals surface area contributed by atoms with Crippen LogP contribution in [0.25, 0.3) is 10.8 Å². The highest BCUT2D eigenvalue weighted by Crippen LogP contribution is 2.24. The minimum absolute atomic E-state index is 0.0359. The van der Waals surface area contributed by atoms with Gasteiger partial charge < -0.3 is 5.73 Å². The minimum atomic E-state index is -0.444. The summed E-state index contributed by atoms with van der Waals surface area (Å²) in [5.41, 5.74) is 5.96. The van der Waals surface area contributed by atoms with Crippen LogP contribution in [0.3, 0.4) is 0 Å². The molecule has 2 aromatic carbocycles. The molecule has 0 heterocycles. The molecule has 1 amide bonds. The summed E-state index contributed by atoms with van der Waals surface area (Å²) in [7, 11) is 0. The average Bonchev–Trinajstić information content (AvgIpc) is 2.28. The van der Waals surface area contributed by atoms with Crippen molar-refractivity contribution in [2.75, 3.05) is 0 Å². The second-order valence-corrected chi connectivity index (χ2v) is 3.72. The Morgan fingerprint density at radius 2 is 2.06 bits per heavy atom. The van der Waals surface area contributed by atoms with Crippen LogP contribution in [0, 0.1) is 10.1 Å². The van der Waals surface area contributed by atoms with Crippen LogP contribution < -0.4 is 5.73 Å². The average molecular weight is 230 g/mol. The van der Waals surface area contributed by atoms with Crippen LogP contribution in [0.15, 0.2) is 36.4 Å². The van der Waals surface area contributed by atoms with Crippen molar-refractivity contribution in [3.63, 3.8) is 0 Å². The Morgan fingerprint density at radius 1 is 1.29 bits per heavy atom. The van der Waals surface area contributed by atoms with Gasteiger partial charge in [-0.3, -0.25) is 14.9 Å². The first-order valence-corrected chi connectivity index (χ1v) is 5.02. The number of nitrogens with two attached hydrogens (primary N) is 1. The molecule has 0 aromatic heterocycles. The van der Waals surface area contributed by atoms with E-state index < -0.39 is 10.8 Å². The van der Waals surface area contributed by atoms with Gasteiger partial charge in [-0.2, -0.15) is 0 Å². The van der Waals surface area contributed by atoms with Gasteiger partial charge in [-0.15, -0.1) is 0 Å². The first kappa shape index (κ1) is 11.1. The van der Waals surface area contributed by atoms with Crippen LogP contribution >= 0.6 is 0 Å². The Bertz CT molecular complexity index is 608. The van der Waals surface area contributed by atoms with Crippen LogP contribution in [0.2, 0.25) is 0 Å². The minimum Gasteiger partial charge on any atom is -0.369 e. The number of nitro benzene ring substituents is 1. The summed E-state index contributed by atoms with van der Waals surface area (Å²) in [6.45, 7) is 0. The van der Waals surface area contributed by atoms with Crippen LogP contribution in [-0.4, -0.2) is 10.8 Å². The van der Waals surface area contributed by atoms with E-state index in [2.05, 4.69) is 0 Å². The molecule has 86 valence electrons. The predicted octanol–water partition coefficient (Wildman–Crippen LogP) is 1.78. The molecule has 0 aliphatic heterocycles. The fourth-order valence-electron chi connectivity index (χ4n) is 1.79. The lowest BCUT2D eigenvalue weighted by Crippen LogP contribution is -2.13. The van der Waals surface area contributed by atoms with Crippen molar-refractivity contribution in [2.24, 2.45) is 5.73 Å². The Kier molecular flexibility index (Phi) is 2.74. The molecule has 2 aromatic rings. The first-order valence-electron chi connectivity index (χ1n) is 5.02. The highest BCUT2D eigenvalue weighted by atomic mass is 16.6. The van der Waals surface area contributed by atoms with Gasteiger partial charge in [0.05, 0.1) is 11.3 Å². The fraction of sp³-hybridized carbons (Fsp3) is 0.0833. The maximum atomic E-state index is 10.9. The Labute approximate surface area is 97.0 Å². The van der Waals surface area contributed by atoms with Gasteiger partial charge in [-0.05, 0) is 22.4 Å². The largest absolute Gasteiger partial charge is 0.369 e. The Balaban J connectivity index is 2.58. The molecule has 0 unspecified atom stereocenters. The lowest BCUT2D eigenvalue weighted by molar-refractivity contribution is -0.384. The van der Waals surface area contributed by atoms with Crippen LogP contribution in [-0.2, 0) is 11.2 Å². The summed E-state index contributed by atoms with van der Waals surface area (Å²) in [5, 5.41) is 12.2. The quantitative estimate of drug-likeness (QED) is 0.644. The SMILES string of the molecule is NC(=O)Cc1cccc2cc([N+](=O)[O-])ccc12. The first-order chi connectivity index (χ1) is 8.08. The number of non-ortho nitro benzene ring substituents is 1. The lowest BCUT2D eigenvalue weighted by Gasteiger charge is -2.04. The Hall–Kier alpha value is -2.43. The number of rotatable bonds is 3. The van der Waals surface area contributed by atoms with Crippen molar-refractivity contribution in [2.45, 2.75) is 6.42 Å². The molecule has 0 saturated heterocycles. The molecule has 0 bridgehead atoms. The van der Waals surface area contributed by atoms with Gasteiger partial charge in [-0.1, -0.05) is 18.2 Å². The third-order valence-corrected chi connectivity index (χ3v) is 2.53. The molecule has 0 spiro atoms. The molecule has 0 aliphatic carbocycles. The fourth-order valence-corrected chi connectivity index (χ4v) is 1.79. The normalized spacial score (nSPS) is 10.4. The zero-order valence-corrected chi connectivity index (χ0v) is 8.92. The monoisotopic (exact) mass is 230 g/mol. The molecule has 0 aliphatic rings. The molecule has 17 heavy (non-hydrogen) atoms. The van der Waals surface area contributed by atoms with Gasteiger partial charge >= 0.3 is 0 Å². The summed E-state index contributed by atoms with van der Waals surface area (Å²) >= 11 is 0. The van der Waals surface area contributed by atoms with Gasteiger partial charge in [0.2, 0.25) is 5.91 Å². The van der Waals surface area contributed by atoms with E-state index in [1.54, 1.807) is 24.3 Å². The van der Waals surface area contributed by atoms with E-state index in [0.717, 1.165) is 16.3 Å². The maximum Gasteiger partial charge on any atom is 0.270 e. The van der Waals surface area contributed by atoms with E-state index in [-0.39, 0.29) is 12.1 Å². The highest BCUT2D eigenvalue weighted by molar-refractivity contribution is 5.91. The predicted molar refractivity (Wildman–Crippen MR) is 63.5 cm³/mol. The summed E-state index contributed by atoms with van der Waals surface area (Å²) < 4.78 is 0. The van der Waals surface area contributed by atoms with Gasteiger partial charge in [-0.25, -0.2) is 0 Å². The highest BCUT2D eigenvalue weighted by Gasteiger charge is 2.09. The standard InChI is InChI=1S/C12H10N2O3/c13-12(15)7-9-3-1-2-8-6-10(14(16)17)4-5-11(8)9/h1-6H,7H2,(H2,13,15). The van der Waals surface area contributed by atoms with E-state index in [1.165, 1.54) is 12.1 Å². The summed E-state index contributed by atoms with van der Waals surface area (Å²) in [6.07, 6.45) is 0.134. The molecule has 2 rings (SSSR count). The topological polar surface area (TPSA) is 86.2 Å². The number of carbonyl (C=O) groups is 1. The zero-order valence-electron chi connectivity index (χ0n) is 8.92. The number of nitro groups is 1.